The summed E-state index contributed by atoms with van der Waals surface area (Å²) in [4.78, 5) is 14.5. The summed E-state index contributed by atoms with van der Waals surface area (Å²) in [5, 5.41) is 14.3. The fourth-order valence-corrected chi connectivity index (χ4v) is 4.48. The van der Waals surface area contributed by atoms with E-state index in [1.807, 2.05) is 11.8 Å². The molecule has 3 saturated heterocycles. The summed E-state index contributed by atoms with van der Waals surface area (Å²) in [7, 11) is 0. The number of hydrogen-bond acceptors (Lipinski definition) is 6. The number of amides is 1. The van der Waals surface area contributed by atoms with Gasteiger partial charge in [-0.25, -0.2) is 0 Å². The van der Waals surface area contributed by atoms with Gasteiger partial charge in [-0.3, -0.25) is 4.79 Å². The highest BCUT2D eigenvalue weighted by atomic mass is 16.5. The lowest BCUT2D eigenvalue weighted by Gasteiger charge is -2.46. The Morgan fingerprint density at radius 3 is 2.73 bits per heavy atom. The zero-order valence-electron chi connectivity index (χ0n) is 15.5. The van der Waals surface area contributed by atoms with Crippen molar-refractivity contribution in [2.24, 2.45) is 5.41 Å². The smallest absolute Gasteiger partial charge is 0.225 e. The van der Waals surface area contributed by atoms with Crippen LogP contribution < -0.4 is 0 Å². The molecule has 0 radical (unpaired) electrons. The number of nitrogens with one attached hydrogen (secondary N) is 1. The molecule has 26 heavy (non-hydrogen) atoms. The van der Waals surface area contributed by atoms with E-state index < -0.39 is 0 Å². The van der Waals surface area contributed by atoms with Gasteiger partial charge in [0.05, 0.1) is 31.8 Å². The van der Waals surface area contributed by atoms with Gasteiger partial charge in [-0.2, -0.15) is 5.21 Å². The van der Waals surface area contributed by atoms with Crippen LogP contribution in [0.1, 0.15) is 63.6 Å². The highest BCUT2D eigenvalue weighted by Crippen LogP contribution is 2.43. The molecule has 144 valence electrons. The maximum atomic E-state index is 12.6. The third kappa shape index (κ3) is 3.91. The fourth-order valence-electron chi connectivity index (χ4n) is 4.48. The molecule has 1 unspecified atom stereocenters. The number of fused-ring (bicyclic) bond motifs is 3. The molecule has 0 spiro atoms. The number of nitrogens with zero attached hydrogens (tertiary/aromatic N) is 4. The average Bonchev–Trinajstić information content (AvgIpc) is 3.23. The van der Waals surface area contributed by atoms with Crippen LogP contribution in [-0.4, -0.2) is 69.9 Å². The molecule has 4 heterocycles. The van der Waals surface area contributed by atoms with Crippen molar-refractivity contribution in [2.45, 2.75) is 70.0 Å². The Bertz CT molecular complexity index is 578. The predicted molar refractivity (Wildman–Crippen MR) is 93.4 cm³/mol. The lowest BCUT2D eigenvalue weighted by atomic mass is 9.72. The number of aromatic nitrogens is 4. The van der Waals surface area contributed by atoms with Gasteiger partial charge in [0, 0.05) is 24.4 Å². The summed E-state index contributed by atoms with van der Waals surface area (Å²) in [6, 6.07) is 0. The highest BCUT2D eigenvalue weighted by Gasteiger charge is 2.41. The van der Waals surface area contributed by atoms with Crippen LogP contribution in [0.15, 0.2) is 0 Å². The Labute approximate surface area is 154 Å². The van der Waals surface area contributed by atoms with Crippen molar-refractivity contribution < 1.29 is 14.3 Å². The monoisotopic (exact) mass is 363 g/mol. The van der Waals surface area contributed by atoms with Crippen LogP contribution in [0.4, 0.5) is 0 Å². The molecule has 1 saturated carbocycles. The number of hydrogen-bond donors (Lipinski definition) is 1. The van der Waals surface area contributed by atoms with E-state index in [0.717, 1.165) is 51.2 Å². The minimum atomic E-state index is -0.0496. The number of likely N-dealkylation sites (tertiary alicyclic amines) is 1. The topological polar surface area (TPSA) is 93.2 Å². The van der Waals surface area contributed by atoms with Crippen molar-refractivity contribution >= 4 is 5.91 Å². The molecule has 3 aliphatic heterocycles. The second-order valence-corrected chi connectivity index (χ2v) is 8.26. The van der Waals surface area contributed by atoms with E-state index in [-0.39, 0.29) is 17.4 Å². The largest absolute Gasteiger partial charge is 0.378 e. The number of tetrazole rings is 1. The summed E-state index contributed by atoms with van der Waals surface area (Å²) < 4.78 is 11.9. The van der Waals surface area contributed by atoms with Gasteiger partial charge in [0.15, 0.2) is 5.82 Å². The van der Waals surface area contributed by atoms with E-state index >= 15 is 0 Å². The Balaban J connectivity index is 1.20. The molecular formula is C18H29N5O3. The Hall–Kier alpha value is -1.54. The van der Waals surface area contributed by atoms with Gasteiger partial charge < -0.3 is 14.4 Å². The van der Waals surface area contributed by atoms with Gasteiger partial charge in [-0.05, 0) is 45.4 Å². The molecule has 4 aliphatic rings. The summed E-state index contributed by atoms with van der Waals surface area (Å²) in [5.41, 5.74) is 0.189. The summed E-state index contributed by atoms with van der Waals surface area (Å²) in [5.74, 6) is 1.25. The van der Waals surface area contributed by atoms with E-state index in [4.69, 9.17) is 9.47 Å². The van der Waals surface area contributed by atoms with Crippen molar-refractivity contribution in [3.05, 3.63) is 5.82 Å². The maximum absolute atomic E-state index is 12.6. The molecule has 1 amide bonds. The fraction of sp³-hybridized carbons (Fsp3) is 0.889. The molecule has 8 heteroatoms. The molecule has 2 bridgehead atoms. The quantitative estimate of drug-likeness (QED) is 0.826. The van der Waals surface area contributed by atoms with Crippen molar-refractivity contribution in [3.8, 4) is 0 Å². The van der Waals surface area contributed by atoms with Gasteiger partial charge >= 0.3 is 0 Å². The zero-order valence-corrected chi connectivity index (χ0v) is 15.5. The number of carbonyl (C=O) groups excluding carboxylic acids is 1. The second kappa shape index (κ2) is 7.60. The lowest BCUT2D eigenvalue weighted by Crippen LogP contribution is -2.46. The van der Waals surface area contributed by atoms with Gasteiger partial charge in [0.1, 0.15) is 0 Å². The first-order valence-corrected chi connectivity index (χ1v) is 9.88. The molecule has 0 aromatic carbocycles. The number of piperidine rings is 1. The SMILES string of the molecule is CC(CC(=O)N1CCC(c2nn[nH]n2)CC1)OCC12CCC(CC1)OC2. The Morgan fingerprint density at radius 1 is 1.35 bits per heavy atom. The summed E-state index contributed by atoms with van der Waals surface area (Å²) >= 11 is 0. The van der Waals surface area contributed by atoms with Gasteiger partial charge in [0.2, 0.25) is 5.91 Å². The van der Waals surface area contributed by atoms with Crippen LogP contribution >= 0.6 is 0 Å². The third-order valence-electron chi connectivity index (χ3n) is 6.33. The van der Waals surface area contributed by atoms with Crippen LogP contribution in [0.3, 0.4) is 0 Å². The summed E-state index contributed by atoms with van der Waals surface area (Å²) in [6.07, 6.45) is 7.37. The van der Waals surface area contributed by atoms with Crippen LogP contribution in [0.2, 0.25) is 0 Å². The predicted octanol–water partition coefficient (Wildman–Crippen LogP) is 1.66. The van der Waals surface area contributed by atoms with Gasteiger partial charge in [0.25, 0.3) is 0 Å². The molecule has 5 rings (SSSR count). The van der Waals surface area contributed by atoms with Crippen LogP contribution in [-0.2, 0) is 14.3 Å². The Kier molecular flexibility index (Phi) is 5.22. The first kappa shape index (κ1) is 17.9. The molecule has 1 aromatic rings. The molecule has 4 fully saturated rings. The molecule has 1 atom stereocenters. The van der Waals surface area contributed by atoms with E-state index in [2.05, 4.69) is 20.6 Å². The molecule has 1 aliphatic carbocycles. The van der Waals surface area contributed by atoms with Crippen LogP contribution in [0, 0.1) is 5.41 Å². The average molecular weight is 363 g/mol. The Morgan fingerprint density at radius 2 is 2.12 bits per heavy atom. The minimum Gasteiger partial charge on any atom is -0.378 e. The van der Waals surface area contributed by atoms with E-state index in [1.165, 1.54) is 12.8 Å². The summed E-state index contributed by atoms with van der Waals surface area (Å²) in [6.45, 7) is 5.06. The van der Waals surface area contributed by atoms with E-state index in [0.29, 0.717) is 25.0 Å². The number of aromatic amines is 1. The second-order valence-electron chi connectivity index (χ2n) is 8.26. The number of ether oxygens (including phenoxy) is 2. The normalized spacial score (nSPS) is 30.5. The first-order chi connectivity index (χ1) is 12.6. The number of rotatable bonds is 6. The van der Waals surface area contributed by atoms with Crippen LogP contribution in [0.5, 0.6) is 0 Å². The maximum Gasteiger partial charge on any atom is 0.225 e. The first-order valence-electron chi connectivity index (χ1n) is 9.88. The minimum absolute atomic E-state index is 0.0496. The molecular weight excluding hydrogens is 334 g/mol. The van der Waals surface area contributed by atoms with E-state index in [9.17, 15) is 4.79 Å². The standard InChI is InChI=1S/C18H29N5O3/c1-13(25-11-18-6-2-15(3-7-18)26-12-18)10-16(24)23-8-4-14(5-9-23)17-19-21-22-20-17/h13-15H,2-12H2,1H3,(H,19,20,21,22). The van der Waals surface area contributed by atoms with Crippen LogP contribution in [0.25, 0.3) is 0 Å². The van der Waals surface area contributed by atoms with Gasteiger partial charge in [-0.15, -0.1) is 10.2 Å². The van der Waals surface area contributed by atoms with Crippen molar-refractivity contribution in [2.75, 3.05) is 26.3 Å². The van der Waals surface area contributed by atoms with Gasteiger partial charge in [-0.1, -0.05) is 5.21 Å². The van der Waals surface area contributed by atoms with Crippen molar-refractivity contribution in [3.63, 3.8) is 0 Å². The third-order valence-corrected chi connectivity index (χ3v) is 6.33. The zero-order chi connectivity index (χ0) is 18.0. The van der Waals surface area contributed by atoms with E-state index in [1.54, 1.807) is 0 Å². The molecule has 1 aromatic heterocycles. The highest BCUT2D eigenvalue weighted by molar-refractivity contribution is 5.76. The number of H-pyrrole nitrogens is 1. The van der Waals surface area contributed by atoms with Crippen molar-refractivity contribution in [1.29, 1.82) is 0 Å². The molecule has 1 N–H and O–H groups in total. The lowest BCUT2D eigenvalue weighted by molar-refractivity contribution is -0.153. The number of carbonyl (C=O) groups is 1. The molecule has 8 nitrogen and oxygen atoms in total. The van der Waals surface area contributed by atoms with Crippen molar-refractivity contribution in [1.82, 2.24) is 25.5 Å².